The van der Waals surface area contributed by atoms with Crippen LogP contribution in [0.25, 0.3) is 0 Å². The van der Waals surface area contributed by atoms with Gasteiger partial charge < -0.3 is 9.47 Å². The van der Waals surface area contributed by atoms with E-state index in [4.69, 9.17) is 9.29 Å². The topological polar surface area (TPSA) is 107 Å². The minimum atomic E-state index is -6.53. The molecule has 6 unspecified atom stereocenters. The van der Waals surface area contributed by atoms with Gasteiger partial charge in [0.05, 0.1) is 5.92 Å². The lowest BCUT2D eigenvalue weighted by Crippen LogP contribution is -2.57. The molecule has 0 heterocycles. The summed E-state index contributed by atoms with van der Waals surface area (Å²) >= 11 is 0. The summed E-state index contributed by atoms with van der Waals surface area (Å²) in [4.78, 5) is 24.9. The molecular weight excluding hydrogens is 467 g/mol. The minimum absolute atomic E-state index is 0.0845. The second kappa shape index (κ2) is 7.93. The Balaban J connectivity index is 1.91. The van der Waals surface area contributed by atoms with Gasteiger partial charge in [-0.05, 0) is 56.8 Å². The largest absolute Gasteiger partial charge is 0.456 e. The highest BCUT2D eigenvalue weighted by Gasteiger charge is 2.67. The zero-order chi connectivity index (χ0) is 24.3. The maximum atomic E-state index is 13.9. The molecule has 3 fully saturated rings. The van der Waals surface area contributed by atoms with E-state index in [9.17, 15) is 40.0 Å². The van der Waals surface area contributed by atoms with E-state index >= 15 is 0 Å². The molecule has 7 nitrogen and oxygen atoms in total. The number of alkyl halides is 5. The van der Waals surface area contributed by atoms with Gasteiger partial charge in [0, 0.05) is 12.0 Å². The lowest BCUT2D eigenvalue weighted by Gasteiger charge is -2.56. The first kappa shape index (κ1) is 24.9. The number of ether oxygens (including phenoxy) is 2. The van der Waals surface area contributed by atoms with E-state index in [-0.39, 0.29) is 23.8 Å². The van der Waals surface area contributed by atoms with Crippen molar-refractivity contribution in [2.75, 3.05) is 0 Å². The van der Waals surface area contributed by atoms with Crippen LogP contribution in [-0.4, -0.2) is 48.0 Å². The normalized spacial score (nSPS) is 33.3. The highest BCUT2D eigenvalue weighted by atomic mass is 32.2. The third-order valence-corrected chi connectivity index (χ3v) is 7.60. The number of hydrogen-bond donors (Lipinski definition) is 1. The fraction of sp³-hybridized carbons (Fsp3) is 0.789. The monoisotopic (exact) mass is 490 g/mol. The number of rotatable bonds is 6. The van der Waals surface area contributed by atoms with Gasteiger partial charge in [-0.1, -0.05) is 6.58 Å². The molecular formula is C19H23F5O7S. The van der Waals surface area contributed by atoms with Crippen molar-refractivity contribution in [3.8, 4) is 0 Å². The fourth-order valence-electron chi connectivity index (χ4n) is 5.47. The number of carbonyl (C=O) groups is 2. The molecule has 6 atom stereocenters. The molecule has 0 aliphatic heterocycles. The Kier molecular flexibility index (Phi) is 6.16. The first-order valence-corrected chi connectivity index (χ1v) is 11.4. The summed E-state index contributed by atoms with van der Waals surface area (Å²) in [7, 11) is -6.53. The van der Waals surface area contributed by atoms with Crippen LogP contribution >= 0.6 is 0 Å². The van der Waals surface area contributed by atoms with Crippen LogP contribution in [0.4, 0.5) is 22.0 Å². The first-order valence-electron chi connectivity index (χ1n) is 9.98. The summed E-state index contributed by atoms with van der Waals surface area (Å²) in [6, 6.07) is 0. The third kappa shape index (κ3) is 4.50. The van der Waals surface area contributed by atoms with E-state index in [2.05, 4.69) is 11.3 Å². The maximum Gasteiger partial charge on any atom is 0.432 e. The van der Waals surface area contributed by atoms with Crippen molar-refractivity contribution in [3.63, 3.8) is 0 Å². The van der Waals surface area contributed by atoms with Crippen LogP contribution in [-0.2, 0) is 29.2 Å². The van der Waals surface area contributed by atoms with Crippen molar-refractivity contribution in [1.29, 1.82) is 0 Å². The quantitative estimate of drug-likeness (QED) is 0.262. The van der Waals surface area contributed by atoms with E-state index in [1.165, 1.54) is 6.92 Å². The van der Waals surface area contributed by atoms with Crippen LogP contribution in [0.2, 0.25) is 0 Å². The molecule has 32 heavy (non-hydrogen) atoms. The molecule has 182 valence electrons. The number of halogens is 5. The Morgan fingerprint density at radius 1 is 1.12 bits per heavy atom. The van der Waals surface area contributed by atoms with Gasteiger partial charge in [-0.2, -0.15) is 30.4 Å². The molecule has 0 radical (unpaired) electrons. The molecule has 13 heteroatoms. The summed E-state index contributed by atoms with van der Waals surface area (Å²) in [5.74, 6) is -4.20. The van der Waals surface area contributed by atoms with Gasteiger partial charge in [-0.3, -0.25) is 9.35 Å². The molecule has 0 saturated heterocycles. The van der Waals surface area contributed by atoms with Crippen molar-refractivity contribution in [3.05, 3.63) is 12.2 Å². The van der Waals surface area contributed by atoms with Gasteiger partial charge in [0.25, 0.3) is 6.10 Å². The van der Waals surface area contributed by atoms with E-state index in [0.29, 0.717) is 32.1 Å². The molecule has 1 N–H and O–H groups in total. The Labute approximate surface area is 181 Å². The molecule has 0 aromatic rings. The summed E-state index contributed by atoms with van der Waals surface area (Å²) in [5.41, 5.74) is -1.09. The number of esters is 2. The predicted octanol–water partition coefficient (Wildman–Crippen LogP) is 3.65. The smallest absolute Gasteiger partial charge is 0.432 e. The lowest BCUT2D eigenvalue weighted by molar-refractivity contribution is -0.264. The highest BCUT2D eigenvalue weighted by Crippen LogP contribution is 2.58. The Morgan fingerprint density at radius 3 is 2.28 bits per heavy atom. The summed E-state index contributed by atoms with van der Waals surface area (Å²) < 4.78 is 107. The molecule has 3 bridgehead atoms. The van der Waals surface area contributed by atoms with Crippen LogP contribution in [0.3, 0.4) is 0 Å². The van der Waals surface area contributed by atoms with E-state index < -0.39 is 57.0 Å². The van der Waals surface area contributed by atoms with E-state index in [0.717, 1.165) is 0 Å². The average Bonchev–Trinajstić information content (AvgIpc) is 2.61. The number of hydrogen-bond acceptors (Lipinski definition) is 6. The molecule has 3 saturated carbocycles. The van der Waals surface area contributed by atoms with Gasteiger partial charge in [-0.15, -0.1) is 0 Å². The van der Waals surface area contributed by atoms with Gasteiger partial charge in [0.2, 0.25) is 0 Å². The first-order chi connectivity index (χ1) is 14.5. The van der Waals surface area contributed by atoms with E-state index in [1.807, 2.05) is 0 Å². The number of fused-ring (bicyclic) bond motifs is 2. The fourth-order valence-corrected chi connectivity index (χ4v) is 5.92. The predicted molar refractivity (Wildman–Crippen MR) is 97.7 cm³/mol. The summed E-state index contributed by atoms with van der Waals surface area (Å²) in [6.07, 6.45) is -8.14. The van der Waals surface area contributed by atoms with Crippen LogP contribution in [0.5, 0.6) is 0 Å². The van der Waals surface area contributed by atoms with Crippen LogP contribution in [0.1, 0.15) is 45.4 Å². The maximum absolute atomic E-state index is 13.9. The second-order valence-corrected chi connectivity index (χ2v) is 10.6. The Bertz CT molecular complexity index is 912. The summed E-state index contributed by atoms with van der Waals surface area (Å²) in [5, 5.41) is -5.80. The summed E-state index contributed by atoms with van der Waals surface area (Å²) in [6.45, 7) is 4.89. The van der Waals surface area contributed by atoms with Crippen molar-refractivity contribution in [1.82, 2.24) is 0 Å². The van der Waals surface area contributed by atoms with Crippen molar-refractivity contribution in [2.24, 2.45) is 23.7 Å². The van der Waals surface area contributed by atoms with E-state index in [1.54, 1.807) is 0 Å². The Morgan fingerprint density at radius 2 is 1.75 bits per heavy atom. The molecule has 3 aliphatic rings. The Hall–Kier alpha value is -1.76. The van der Waals surface area contributed by atoms with Crippen LogP contribution < -0.4 is 0 Å². The van der Waals surface area contributed by atoms with Crippen LogP contribution in [0, 0.1) is 23.7 Å². The SMILES string of the molecule is C=C(C)C(=O)OC12CC3CCC(C(C3)C1)C(C(=O)OC(C(F)(F)F)C(F)(F)S(=O)(=O)O)C2. The van der Waals surface area contributed by atoms with Gasteiger partial charge >= 0.3 is 33.5 Å². The van der Waals surface area contributed by atoms with Gasteiger partial charge in [-0.25, -0.2) is 4.79 Å². The number of carbonyl (C=O) groups excluding carboxylic acids is 2. The standard InChI is InChI=1S/C19H23F5O7S/c1-9(2)14(25)31-17-6-10-3-4-12(11(5-10)7-17)13(8-17)15(26)30-16(18(20,21)22)19(23,24)32(27,28)29/h10-13,16H,1,3-8H2,2H3,(H,27,28,29). The third-order valence-electron chi connectivity index (χ3n) is 6.69. The van der Waals surface area contributed by atoms with Crippen molar-refractivity contribution >= 4 is 22.1 Å². The zero-order valence-corrected chi connectivity index (χ0v) is 17.8. The molecule has 0 aromatic heterocycles. The zero-order valence-electron chi connectivity index (χ0n) is 17.0. The minimum Gasteiger partial charge on any atom is -0.456 e. The molecule has 0 amide bonds. The molecule has 3 rings (SSSR count). The molecule has 0 spiro atoms. The van der Waals surface area contributed by atoms with Crippen LogP contribution in [0.15, 0.2) is 12.2 Å². The molecule has 3 aliphatic carbocycles. The lowest BCUT2D eigenvalue weighted by atomic mass is 9.52. The molecule has 0 aromatic carbocycles. The average molecular weight is 490 g/mol. The van der Waals surface area contributed by atoms with Gasteiger partial charge in [0.15, 0.2) is 0 Å². The second-order valence-electron chi connectivity index (χ2n) is 9.07. The highest BCUT2D eigenvalue weighted by molar-refractivity contribution is 7.86. The van der Waals surface area contributed by atoms with Crippen molar-refractivity contribution in [2.45, 2.75) is 68.6 Å². The van der Waals surface area contributed by atoms with Gasteiger partial charge in [0.1, 0.15) is 5.60 Å². The van der Waals surface area contributed by atoms with Crippen molar-refractivity contribution < 1.29 is 54.0 Å².